The first kappa shape index (κ1) is 12.7. The van der Waals surface area contributed by atoms with Crippen LogP contribution in [0.4, 0.5) is 5.69 Å². The Labute approximate surface area is 112 Å². The molecule has 0 amide bonds. The van der Waals surface area contributed by atoms with E-state index in [0.29, 0.717) is 10.6 Å². The Morgan fingerprint density at radius 1 is 1.17 bits per heavy atom. The fraction of sp³-hybridized carbons (Fsp3) is 0.133. The smallest absolute Gasteiger partial charge is 0.152 e. The number of nitrogens with zero attached hydrogens (tertiary/aromatic N) is 1. The van der Waals surface area contributed by atoms with Gasteiger partial charge >= 0.3 is 0 Å². The van der Waals surface area contributed by atoms with Crippen LogP contribution in [0.5, 0.6) is 0 Å². The Morgan fingerprint density at radius 2 is 1.89 bits per heavy atom. The maximum atomic E-state index is 11.1. The number of rotatable bonds is 4. The van der Waals surface area contributed by atoms with Crippen LogP contribution >= 0.6 is 11.6 Å². The number of carbonyl (C=O) groups excluding carboxylic acids is 1. The summed E-state index contributed by atoms with van der Waals surface area (Å²) in [6.45, 7) is 0.753. The average molecular weight is 260 g/mol. The fourth-order valence-electron chi connectivity index (χ4n) is 1.91. The Hall–Kier alpha value is -1.80. The predicted octanol–water partition coefficient (Wildman–Crippen LogP) is 3.79. The molecule has 92 valence electrons. The molecule has 0 fully saturated rings. The third-order valence-electron chi connectivity index (χ3n) is 2.79. The highest BCUT2D eigenvalue weighted by molar-refractivity contribution is 6.31. The number of hydrogen-bond acceptors (Lipinski definition) is 2. The van der Waals surface area contributed by atoms with Gasteiger partial charge in [-0.25, -0.2) is 0 Å². The van der Waals surface area contributed by atoms with E-state index < -0.39 is 0 Å². The molecule has 2 aromatic rings. The lowest BCUT2D eigenvalue weighted by Crippen LogP contribution is -2.17. The number of anilines is 1. The molecule has 0 spiro atoms. The van der Waals surface area contributed by atoms with Gasteiger partial charge in [0.2, 0.25) is 0 Å². The van der Waals surface area contributed by atoms with Gasteiger partial charge < -0.3 is 4.90 Å². The van der Waals surface area contributed by atoms with E-state index in [2.05, 4.69) is 12.1 Å². The molecule has 0 aromatic heterocycles. The fourth-order valence-corrected chi connectivity index (χ4v) is 2.09. The van der Waals surface area contributed by atoms with Crippen LogP contribution in [0.25, 0.3) is 0 Å². The van der Waals surface area contributed by atoms with E-state index in [-0.39, 0.29) is 0 Å². The molecule has 2 nitrogen and oxygen atoms in total. The zero-order valence-electron chi connectivity index (χ0n) is 10.1. The molecule has 3 heteroatoms. The molecule has 2 aromatic carbocycles. The van der Waals surface area contributed by atoms with E-state index in [0.717, 1.165) is 18.5 Å². The average Bonchev–Trinajstić information content (AvgIpc) is 2.39. The summed E-state index contributed by atoms with van der Waals surface area (Å²) >= 11 is 5.88. The molecule has 0 N–H and O–H groups in total. The van der Waals surface area contributed by atoms with E-state index in [4.69, 9.17) is 11.6 Å². The second-order valence-corrected chi connectivity index (χ2v) is 4.60. The number of carbonyl (C=O) groups is 1. The molecule has 18 heavy (non-hydrogen) atoms. The van der Waals surface area contributed by atoms with Crippen molar-refractivity contribution in [3.63, 3.8) is 0 Å². The number of hydrogen-bond donors (Lipinski definition) is 0. The molecule has 2 rings (SSSR count). The van der Waals surface area contributed by atoms with Crippen LogP contribution in [0.1, 0.15) is 15.9 Å². The van der Waals surface area contributed by atoms with Gasteiger partial charge in [0, 0.05) is 29.9 Å². The first-order valence-corrected chi connectivity index (χ1v) is 6.08. The van der Waals surface area contributed by atoms with E-state index in [1.807, 2.05) is 36.2 Å². The minimum atomic E-state index is 0.578. The predicted molar refractivity (Wildman–Crippen MR) is 75.4 cm³/mol. The molecule has 0 bridgehead atoms. The Kier molecular flexibility index (Phi) is 4.00. The Bertz CT molecular complexity index is 539. The molecule has 0 radical (unpaired) electrons. The molecule has 0 aliphatic carbocycles. The summed E-state index contributed by atoms with van der Waals surface area (Å²) in [5, 5.41) is 0.578. The summed E-state index contributed by atoms with van der Waals surface area (Å²) in [6, 6.07) is 15.5. The second kappa shape index (κ2) is 5.69. The third kappa shape index (κ3) is 2.90. The molecule has 0 heterocycles. The first-order valence-electron chi connectivity index (χ1n) is 5.70. The molecular formula is C15H14ClNO. The summed E-state index contributed by atoms with van der Waals surface area (Å²) in [5.74, 6) is 0. The van der Waals surface area contributed by atoms with Crippen LogP contribution in [-0.2, 0) is 6.54 Å². The van der Waals surface area contributed by atoms with Gasteiger partial charge in [-0.3, -0.25) is 4.79 Å². The van der Waals surface area contributed by atoms with Crippen molar-refractivity contribution in [3.05, 3.63) is 64.7 Å². The van der Waals surface area contributed by atoms with Gasteiger partial charge in [0.05, 0.1) is 0 Å². The minimum absolute atomic E-state index is 0.578. The quantitative estimate of drug-likeness (QED) is 0.779. The third-order valence-corrected chi connectivity index (χ3v) is 3.03. The van der Waals surface area contributed by atoms with Crippen LogP contribution in [0.2, 0.25) is 5.02 Å². The van der Waals surface area contributed by atoms with Crippen molar-refractivity contribution in [1.29, 1.82) is 0 Å². The van der Waals surface area contributed by atoms with Crippen molar-refractivity contribution < 1.29 is 4.79 Å². The molecule has 0 atom stereocenters. The highest BCUT2D eigenvalue weighted by Gasteiger charge is 2.08. The SMILES string of the molecule is CN(Cc1ccccc1)c1ccc(Cl)cc1C=O. The number of halogens is 1. The summed E-state index contributed by atoms with van der Waals surface area (Å²) in [5.41, 5.74) is 2.70. The van der Waals surface area contributed by atoms with E-state index in [9.17, 15) is 4.79 Å². The van der Waals surface area contributed by atoms with Gasteiger partial charge in [0.15, 0.2) is 6.29 Å². The summed E-state index contributed by atoms with van der Waals surface area (Å²) in [4.78, 5) is 13.1. The van der Waals surface area contributed by atoms with Crippen LogP contribution in [0.3, 0.4) is 0 Å². The van der Waals surface area contributed by atoms with Crippen molar-refractivity contribution in [2.24, 2.45) is 0 Å². The highest BCUT2D eigenvalue weighted by atomic mass is 35.5. The highest BCUT2D eigenvalue weighted by Crippen LogP contribution is 2.23. The Morgan fingerprint density at radius 3 is 2.56 bits per heavy atom. The zero-order chi connectivity index (χ0) is 13.0. The summed E-state index contributed by atoms with van der Waals surface area (Å²) < 4.78 is 0. The number of benzene rings is 2. The molecule has 0 saturated carbocycles. The van der Waals surface area contributed by atoms with Gasteiger partial charge in [-0.2, -0.15) is 0 Å². The van der Waals surface area contributed by atoms with Crippen LogP contribution < -0.4 is 4.90 Å². The standard InChI is InChI=1S/C15H14ClNO/c1-17(10-12-5-3-2-4-6-12)15-8-7-14(16)9-13(15)11-18/h2-9,11H,10H2,1H3. The summed E-state index contributed by atoms with van der Waals surface area (Å²) in [7, 11) is 1.96. The van der Waals surface area contributed by atoms with E-state index in [1.54, 1.807) is 12.1 Å². The van der Waals surface area contributed by atoms with Crippen LogP contribution in [-0.4, -0.2) is 13.3 Å². The van der Waals surface area contributed by atoms with Crippen molar-refractivity contribution in [1.82, 2.24) is 0 Å². The van der Waals surface area contributed by atoms with Crippen molar-refractivity contribution in [2.75, 3.05) is 11.9 Å². The number of aldehydes is 1. The van der Waals surface area contributed by atoms with Gasteiger partial charge in [-0.1, -0.05) is 41.9 Å². The molecule has 0 aliphatic heterocycles. The normalized spacial score (nSPS) is 10.1. The van der Waals surface area contributed by atoms with E-state index in [1.165, 1.54) is 5.56 Å². The van der Waals surface area contributed by atoms with Crippen LogP contribution in [0.15, 0.2) is 48.5 Å². The second-order valence-electron chi connectivity index (χ2n) is 4.16. The zero-order valence-corrected chi connectivity index (χ0v) is 10.9. The minimum Gasteiger partial charge on any atom is -0.370 e. The van der Waals surface area contributed by atoms with Crippen molar-refractivity contribution >= 4 is 23.6 Å². The maximum absolute atomic E-state index is 11.1. The van der Waals surface area contributed by atoms with Gasteiger partial charge in [-0.15, -0.1) is 0 Å². The first-order chi connectivity index (χ1) is 8.70. The molecule has 0 saturated heterocycles. The lowest BCUT2D eigenvalue weighted by molar-refractivity contribution is 0.112. The molecular weight excluding hydrogens is 246 g/mol. The molecule has 0 unspecified atom stereocenters. The maximum Gasteiger partial charge on any atom is 0.152 e. The van der Waals surface area contributed by atoms with Gasteiger partial charge in [0.25, 0.3) is 0 Å². The Balaban J connectivity index is 2.23. The van der Waals surface area contributed by atoms with Gasteiger partial charge in [0.1, 0.15) is 0 Å². The topological polar surface area (TPSA) is 20.3 Å². The van der Waals surface area contributed by atoms with Crippen molar-refractivity contribution in [2.45, 2.75) is 6.54 Å². The van der Waals surface area contributed by atoms with Crippen molar-refractivity contribution in [3.8, 4) is 0 Å². The monoisotopic (exact) mass is 259 g/mol. The van der Waals surface area contributed by atoms with Crippen LogP contribution in [0, 0.1) is 0 Å². The van der Waals surface area contributed by atoms with E-state index >= 15 is 0 Å². The lowest BCUT2D eigenvalue weighted by Gasteiger charge is -2.21. The molecule has 0 aliphatic rings. The lowest BCUT2D eigenvalue weighted by atomic mass is 10.1. The largest absolute Gasteiger partial charge is 0.370 e. The summed E-state index contributed by atoms with van der Waals surface area (Å²) in [6.07, 6.45) is 0.836. The van der Waals surface area contributed by atoms with Gasteiger partial charge in [-0.05, 0) is 23.8 Å².